The van der Waals surface area contributed by atoms with Gasteiger partial charge in [-0.3, -0.25) is 4.79 Å². The lowest BCUT2D eigenvalue weighted by atomic mass is 10.1. The second-order valence-corrected chi connectivity index (χ2v) is 7.88. The first-order valence-corrected chi connectivity index (χ1v) is 9.81. The molecule has 2 aromatic rings. The van der Waals surface area contributed by atoms with Gasteiger partial charge >= 0.3 is 0 Å². The number of carbonyl (C=O) groups excluding carboxylic acids is 1. The van der Waals surface area contributed by atoms with Crippen molar-refractivity contribution in [1.29, 1.82) is 5.26 Å². The molecule has 0 aromatic heterocycles. The van der Waals surface area contributed by atoms with Crippen molar-refractivity contribution in [1.82, 2.24) is 4.72 Å². The Hall–Kier alpha value is -2.96. The number of hydrogen-bond donors (Lipinski definition) is 2. The molecule has 0 heterocycles. The third-order valence-corrected chi connectivity index (χ3v) is 5.48. The topological polar surface area (TPSA) is 108 Å². The molecule has 9 heteroatoms. The molecule has 2 N–H and O–H groups in total. The minimum absolute atomic E-state index is 0.000268. The molecule has 0 aliphatic rings. The lowest BCUT2D eigenvalue weighted by Crippen LogP contribution is -2.32. The Kier molecular flexibility index (Phi) is 6.72. The van der Waals surface area contributed by atoms with Crippen LogP contribution in [-0.2, 0) is 10.0 Å². The number of halogens is 1. The summed E-state index contributed by atoms with van der Waals surface area (Å²) in [6, 6.07) is 9.25. The molecule has 0 aliphatic carbocycles. The molecule has 0 unspecified atom stereocenters. The summed E-state index contributed by atoms with van der Waals surface area (Å²) in [6.07, 6.45) is 0.00659. The van der Waals surface area contributed by atoms with Crippen LogP contribution in [0.15, 0.2) is 41.3 Å². The Morgan fingerprint density at radius 1 is 1.29 bits per heavy atom. The maximum atomic E-state index is 13.4. The molecule has 0 spiro atoms. The first-order chi connectivity index (χ1) is 13.2. The van der Waals surface area contributed by atoms with E-state index < -0.39 is 27.8 Å². The van der Waals surface area contributed by atoms with Gasteiger partial charge in [-0.05, 0) is 55.8 Å². The number of hydrogen-bond acceptors (Lipinski definition) is 5. The molecular formula is C19H20FN3O4S. The Bertz CT molecular complexity index is 1030. The maximum Gasteiger partial charge on any atom is 0.259 e. The van der Waals surface area contributed by atoms with Gasteiger partial charge in [0.1, 0.15) is 11.6 Å². The standard InChI is InChI=1S/C19H20FN3O4S/c1-12-10-14(4-6-17(12)20)22-19(24)16-11-15(5-7-18(16)27-3)28(25,26)23-13(2)8-9-21/h4-7,10-11,13,23H,8H2,1-3H3,(H,22,24)/t13-/m1/s1. The van der Waals surface area contributed by atoms with E-state index in [9.17, 15) is 17.6 Å². The Morgan fingerprint density at radius 3 is 2.61 bits per heavy atom. The lowest BCUT2D eigenvalue weighted by Gasteiger charge is -2.14. The van der Waals surface area contributed by atoms with Gasteiger partial charge in [0.25, 0.3) is 5.91 Å². The summed E-state index contributed by atoms with van der Waals surface area (Å²) in [5.41, 5.74) is 0.719. The summed E-state index contributed by atoms with van der Waals surface area (Å²) in [7, 11) is -2.58. The lowest BCUT2D eigenvalue weighted by molar-refractivity contribution is 0.102. The molecule has 148 valence electrons. The Balaban J connectivity index is 2.35. The number of rotatable bonds is 7. The molecule has 0 fully saturated rings. The molecular weight excluding hydrogens is 385 g/mol. The van der Waals surface area contributed by atoms with Crippen LogP contribution in [0, 0.1) is 24.1 Å². The van der Waals surface area contributed by atoms with Crippen LogP contribution in [0.4, 0.5) is 10.1 Å². The van der Waals surface area contributed by atoms with Crippen LogP contribution in [0.5, 0.6) is 5.75 Å². The van der Waals surface area contributed by atoms with Crippen LogP contribution in [0.1, 0.15) is 29.3 Å². The average molecular weight is 405 g/mol. The number of methoxy groups -OCH3 is 1. The number of anilines is 1. The molecule has 2 rings (SSSR count). The van der Waals surface area contributed by atoms with Crippen molar-refractivity contribution in [3.8, 4) is 11.8 Å². The second kappa shape index (κ2) is 8.82. The van der Waals surface area contributed by atoms with E-state index in [2.05, 4.69) is 10.0 Å². The van der Waals surface area contributed by atoms with E-state index in [1.807, 2.05) is 6.07 Å². The van der Waals surface area contributed by atoms with Gasteiger partial charge in [-0.1, -0.05) is 0 Å². The Morgan fingerprint density at radius 2 is 2.00 bits per heavy atom. The number of aryl methyl sites for hydroxylation is 1. The van der Waals surface area contributed by atoms with E-state index in [1.54, 1.807) is 13.8 Å². The van der Waals surface area contributed by atoms with Crippen molar-refractivity contribution in [2.75, 3.05) is 12.4 Å². The van der Waals surface area contributed by atoms with Crippen LogP contribution < -0.4 is 14.8 Å². The second-order valence-electron chi connectivity index (χ2n) is 6.16. The zero-order valence-electron chi connectivity index (χ0n) is 15.6. The largest absolute Gasteiger partial charge is 0.496 e. The van der Waals surface area contributed by atoms with Crippen LogP contribution in [0.2, 0.25) is 0 Å². The summed E-state index contributed by atoms with van der Waals surface area (Å²) < 4.78 is 45.9. The average Bonchev–Trinajstić information content (AvgIpc) is 2.63. The maximum absolute atomic E-state index is 13.4. The quantitative estimate of drug-likeness (QED) is 0.736. The van der Waals surface area contributed by atoms with Crippen molar-refractivity contribution < 1.29 is 22.3 Å². The summed E-state index contributed by atoms with van der Waals surface area (Å²) in [5.74, 6) is -0.827. The molecule has 0 saturated heterocycles. The fourth-order valence-electron chi connectivity index (χ4n) is 2.46. The number of ether oxygens (including phenoxy) is 1. The molecule has 1 atom stereocenters. The predicted octanol–water partition coefficient (Wildman–Crippen LogP) is 2.98. The SMILES string of the molecule is COc1ccc(S(=O)(=O)N[C@H](C)CC#N)cc1C(=O)Nc1ccc(F)c(C)c1. The van der Waals surface area contributed by atoms with Gasteiger partial charge < -0.3 is 10.1 Å². The molecule has 0 bridgehead atoms. The van der Waals surface area contributed by atoms with Crippen molar-refractivity contribution in [3.63, 3.8) is 0 Å². The fourth-order valence-corrected chi connectivity index (χ4v) is 3.73. The van der Waals surface area contributed by atoms with Crippen LogP contribution in [-0.4, -0.2) is 27.5 Å². The third-order valence-electron chi connectivity index (χ3n) is 3.90. The Labute approximate surface area is 163 Å². The number of nitrogens with zero attached hydrogens (tertiary/aromatic N) is 1. The normalized spacial score (nSPS) is 12.1. The third kappa shape index (κ3) is 5.06. The predicted molar refractivity (Wildman–Crippen MR) is 102 cm³/mol. The summed E-state index contributed by atoms with van der Waals surface area (Å²) in [5, 5.41) is 11.3. The first kappa shape index (κ1) is 21.3. The van der Waals surface area contributed by atoms with Crippen molar-refractivity contribution in [3.05, 3.63) is 53.3 Å². The van der Waals surface area contributed by atoms with Crippen LogP contribution >= 0.6 is 0 Å². The molecule has 0 radical (unpaired) electrons. The van der Waals surface area contributed by atoms with Crippen LogP contribution in [0.3, 0.4) is 0 Å². The summed E-state index contributed by atoms with van der Waals surface area (Å²) in [4.78, 5) is 12.5. The molecule has 0 saturated carbocycles. The number of carbonyl (C=O) groups is 1. The van der Waals surface area contributed by atoms with Gasteiger partial charge in [0.05, 0.1) is 30.1 Å². The molecule has 28 heavy (non-hydrogen) atoms. The van der Waals surface area contributed by atoms with Gasteiger partial charge in [0.15, 0.2) is 0 Å². The van der Waals surface area contributed by atoms with E-state index in [0.717, 1.165) is 0 Å². The number of benzene rings is 2. The van der Waals surface area contributed by atoms with Crippen molar-refractivity contribution >= 4 is 21.6 Å². The van der Waals surface area contributed by atoms with Gasteiger partial charge in [0, 0.05) is 11.7 Å². The highest BCUT2D eigenvalue weighted by molar-refractivity contribution is 7.89. The minimum atomic E-state index is -3.93. The minimum Gasteiger partial charge on any atom is -0.496 e. The van der Waals surface area contributed by atoms with Gasteiger partial charge in [-0.2, -0.15) is 5.26 Å². The monoisotopic (exact) mass is 405 g/mol. The highest BCUT2D eigenvalue weighted by Gasteiger charge is 2.21. The number of nitriles is 1. The van der Waals surface area contributed by atoms with E-state index in [4.69, 9.17) is 10.00 Å². The smallest absolute Gasteiger partial charge is 0.259 e. The van der Waals surface area contributed by atoms with Crippen molar-refractivity contribution in [2.45, 2.75) is 31.2 Å². The highest BCUT2D eigenvalue weighted by atomic mass is 32.2. The molecule has 0 aliphatic heterocycles. The number of sulfonamides is 1. The zero-order valence-corrected chi connectivity index (χ0v) is 16.4. The van der Waals surface area contributed by atoms with Crippen molar-refractivity contribution in [2.24, 2.45) is 0 Å². The number of nitrogens with one attached hydrogen (secondary N) is 2. The highest BCUT2D eigenvalue weighted by Crippen LogP contribution is 2.24. The first-order valence-electron chi connectivity index (χ1n) is 8.32. The van der Waals surface area contributed by atoms with E-state index >= 15 is 0 Å². The zero-order chi connectivity index (χ0) is 20.9. The van der Waals surface area contributed by atoms with E-state index in [-0.39, 0.29) is 22.6 Å². The summed E-state index contributed by atoms with van der Waals surface area (Å²) in [6.45, 7) is 3.13. The fraction of sp³-hybridized carbons (Fsp3) is 0.263. The van der Waals surface area contributed by atoms with Gasteiger partial charge in [0.2, 0.25) is 10.0 Å². The molecule has 2 aromatic carbocycles. The molecule has 1 amide bonds. The van der Waals surface area contributed by atoms with Gasteiger partial charge in [-0.25, -0.2) is 17.5 Å². The van der Waals surface area contributed by atoms with E-state index in [1.165, 1.54) is 43.5 Å². The summed E-state index contributed by atoms with van der Waals surface area (Å²) >= 11 is 0. The number of amides is 1. The van der Waals surface area contributed by atoms with Gasteiger partial charge in [-0.15, -0.1) is 0 Å². The van der Waals surface area contributed by atoms with Crippen LogP contribution in [0.25, 0.3) is 0 Å². The van der Waals surface area contributed by atoms with E-state index in [0.29, 0.717) is 11.3 Å². The molecule has 7 nitrogen and oxygen atoms in total.